The summed E-state index contributed by atoms with van der Waals surface area (Å²) in [5, 5.41) is 0.865. The van der Waals surface area contributed by atoms with Gasteiger partial charge in [0.15, 0.2) is 11.4 Å². The highest BCUT2D eigenvalue weighted by Crippen LogP contribution is 2.27. The first-order chi connectivity index (χ1) is 12.0. The molecule has 0 atom stereocenters. The SMILES string of the molecule is CCn1c(=NC(=O)COc2ccc(Cl)cc2Cl)sc2cc(Br)ccc21. The van der Waals surface area contributed by atoms with E-state index in [1.54, 1.807) is 18.2 Å². The number of fused-ring (bicyclic) bond motifs is 1. The third kappa shape index (κ3) is 4.26. The average molecular weight is 460 g/mol. The average Bonchev–Trinajstić information content (AvgIpc) is 2.89. The van der Waals surface area contributed by atoms with Crippen LogP contribution in [0.5, 0.6) is 5.75 Å². The molecule has 0 N–H and O–H groups in total. The second-order valence-electron chi connectivity index (χ2n) is 5.11. The Morgan fingerprint density at radius 3 is 2.80 bits per heavy atom. The number of hydrogen-bond donors (Lipinski definition) is 0. The molecule has 1 aromatic heterocycles. The molecule has 0 fully saturated rings. The maximum absolute atomic E-state index is 12.2. The molecule has 0 aliphatic carbocycles. The van der Waals surface area contributed by atoms with Gasteiger partial charge in [-0.25, -0.2) is 0 Å². The fourth-order valence-electron chi connectivity index (χ4n) is 2.31. The smallest absolute Gasteiger partial charge is 0.286 e. The maximum atomic E-state index is 12.2. The van der Waals surface area contributed by atoms with Gasteiger partial charge in [0.25, 0.3) is 5.91 Å². The van der Waals surface area contributed by atoms with Crippen LogP contribution in [0.15, 0.2) is 45.9 Å². The minimum atomic E-state index is -0.376. The van der Waals surface area contributed by atoms with Crippen molar-refractivity contribution in [3.63, 3.8) is 0 Å². The van der Waals surface area contributed by atoms with Gasteiger partial charge in [-0.3, -0.25) is 4.79 Å². The van der Waals surface area contributed by atoms with Crippen LogP contribution in [0.3, 0.4) is 0 Å². The number of thiazole rings is 1. The zero-order valence-electron chi connectivity index (χ0n) is 13.1. The summed E-state index contributed by atoms with van der Waals surface area (Å²) >= 11 is 16.8. The molecule has 0 aliphatic heterocycles. The number of hydrogen-bond acceptors (Lipinski definition) is 3. The molecule has 0 saturated heterocycles. The summed E-state index contributed by atoms with van der Waals surface area (Å²) in [4.78, 5) is 17.0. The van der Waals surface area contributed by atoms with Crippen LogP contribution >= 0.6 is 50.5 Å². The molecule has 1 heterocycles. The molecule has 8 heteroatoms. The first kappa shape index (κ1) is 18.5. The molecule has 0 spiro atoms. The summed E-state index contributed by atoms with van der Waals surface area (Å²) in [5.41, 5.74) is 1.05. The Labute approximate surface area is 166 Å². The van der Waals surface area contributed by atoms with Crippen molar-refractivity contribution in [1.82, 2.24) is 4.57 Å². The fraction of sp³-hybridized carbons (Fsp3) is 0.176. The van der Waals surface area contributed by atoms with Crippen LogP contribution in [0.4, 0.5) is 0 Å². The molecule has 1 amide bonds. The van der Waals surface area contributed by atoms with Crippen molar-refractivity contribution in [3.05, 3.63) is 55.7 Å². The Morgan fingerprint density at radius 1 is 1.28 bits per heavy atom. The van der Waals surface area contributed by atoms with Gasteiger partial charge < -0.3 is 9.30 Å². The van der Waals surface area contributed by atoms with Crippen molar-refractivity contribution >= 4 is 66.6 Å². The molecule has 25 heavy (non-hydrogen) atoms. The number of halogens is 3. The fourth-order valence-corrected chi connectivity index (χ4v) is 4.43. The van der Waals surface area contributed by atoms with E-state index >= 15 is 0 Å². The minimum absolute atomic E-state index is 0.191. The lowest BCUT2D eigenvalue weighted by atomic mass is 10.3. The lowest BCUT2D eigenvalue weighted by molar-refractivity contribution is -0.120. The van der Waals surface area contributed by atoms with E-state index < -0.39 is 0 Å². The van der Waals surface area contributed by atoms with Gasteiger partial charge in [0.2, 0.25) is 0 Å². The second-order valence-corrected chi connectivity index (χ2v) is 7.88. The molecule has 3 aromatic rings. The summed E-state index contributed by atoms with van der Waals surface area (Å²) in [5.74, 6) is 0.0251. The van der Waals surface area contributed by atoms with Gasteiger partial charge in [-0.1, -0.05) is 50.5 Å². The van der Waals surface area contributed by atoms with Crippen molar-refractivity contribution in [2.45, 2.75) is 13.5 Å². The summed E-state index contributed by atoms with van der Waals surface area (Å²) in [6.07, 6.45) is 0. The van der Waals surface area contributed by atoms with Gasteiger partial charge in [0.1, 0.15) is 5.75 Å². The minimum Gasteiger partial charge on any atom is -0.482 e. The topological polar surface area (TPSA) is 43.6 Å². The van der Waals surface area contributed by atoms with Gasteiger partial charge in [0.05, 0.1) is 15.2 Å². The highest BCUT2D eigenvalue weighted by Gasteiger charge is 2.09. The third-order valence-electron chi connectivity index (χ3n) is 3.43. The Bertz CT molecular complexity index is 1010. The van der Waals surface area contributed by atoms with E-state index in [2.05, 4.69) is 20.9 Å². The number of benzene rings is 2. The summed E-state index contributed by atoms with van der Waals surface area (Å²) in [7, 11) is 0. The third-order valence-corrected chi connectivity index (χ3v) is 5.49. The highest BCUT2D eigenvalue weighted by atomic mass is 79.9. The van der Waals surface area contributed by atoms with Crippen molar-refractivity contribution < 1.29 is 9.53 Å². The van der Waals surface area contributed by atoms with Gasteiger partial charge in [-0.2, -0.15) is 4.99 Å². The quantitative estimate of drug-likeness (QED) is 0.531. The molecular weight excluding hydrogens is 447 g/mol. The Morgan fingerprint density at radius 2 is 2.08 bits per heavy atom. The van der Waals surface area contributed by atoms with E-state index in [4.69, 9.17) is 27.9 Å². The van der Waals surface area contributed by atoms with Crippen LogP contribution in [-0.4, -0.2) is 17.1 Å². The number of carbonyl (C=O) groups is 1. The number of aromatic nitrogens is 1. The van der Waals surface area contributed by atoms with E-state index in [9.17, 15) is 4.79 Å². The summed E-state index contributed by atoms with van der Waals surface area (Å²) in [6.45, 7) is 2.54. The molecule has 0 radical (unpaired) electrons. The van der Waals surface area contributed by atoms with Gasteiger partial charge in [-0.05, 0) is 43.3 Å². The Kier molecular flexibility index (Phi) is 5.84. The van der Waals surface area contributed by atoms with Crippen LogP contribution < -0.4 is 9.54 Å². The number of amides is 1. The molecule has 0 aliphatic rings. The van der Waals surface area contributed by atoms with E-state index in [0.717, 1.165) is 21.2 Å². The Hall–Kier alpha value is -1.34. The lowest BCUT2D eigenvalue weighted by Crippen LogP contribution is -2.18. The van der Waals surface area contributed by atoms with Crippen molar-refractivity contribution in [1.29, 1.82) is 0 Å². The first-order valence-corrected chi connectivity index (χ1v) is 9.78. The molecule has 2 aromatic carbocycles. The van der Waals surface area contributed by atoms with Crippen molar-refractivity contribution in [2.24, 2.45) is 4.99 Å². The zero-order chi connectivity index (χ0) is 18.0. The predicted molar refractivity (Wildman–Crippen MR) is 106 cm³/mol. The number of ether oxygens (including phenoxy) is 1. The van der Waals surface area contributed by atoms with Crippen LogP contribution in [0.1, 0.15) is 6.92 Å². The van der Waals surface area contributed by atoms with Gasteiger partial charge in [0, 0.05) is 16.0 Å². The first-order valence-electron chi connectivity index (χ1n) is 7.42. The Balaban J connectivity index is 1.84. The van der Waals surface area contributed by atoms with E-state index in [-0.39, 0.29) is 12.5 Å². The molecule has 130 valence electrons. The van der Waals surface area contributed by atoms with Crippen LogP contribution in [0.25, 0.3) is 10.2 Å². The molecule has 0 unspecified atom stereocenters. The highest BCUT2D eigenvalue weighted by molar-refractivity contribution is 9.10. The molecule has 3 rings (SSSR count). The number of aryl methyl sites for hydroxylation is 1. The number of rotatable bonds is 4. The van der Waals surface area contributed by atoms with Gasteiger partial charge >= 0.3 is 0 Å². The van der Waals surface area contributed by atoms with Crippen molar-refractivity contribution in [2.75, 3.05) is 6.61 Å². The standard InChI is InChI=1S/C17H13BrCl2N2O2S/c1-2-22-13-5-3-10(18)7-15(13)25-17(22)21-16(23)9-24-14-6-4-11(19)8-12(14)20/h3-8H,2,9H2,1H3. The van der Waals surface area contributed by atoms with E-state index in [1.807, 2.05) is 29.7 Å². The van der Waals surface area contributed by atoms with Crippen molar-refractivity contribution in [3.8, 4) is 5.75 Å². The van der Waals surface area contributed by atoms with Gasteiger partial charge in [-0.15, -0.1) is 0 Å². The van der Waals surface area contributed by atoms with E-state index in [0.29, 0.717) is 20.6 Å². The lowest BCUT2D eigenvalue weighted by Gasteiger charge is -2.05. The zero-order valence-corrected chi connectivity index (χ0v) is 17.0. The monoisotopic (exact) mass is 458 g/mol. The molecule has 0 saturated carbocycles. The molecule has 0 bridgehead atoms. The number of nitrogens with zero attached hydrogens (tertiary/aromatic N) is 2. The molecule has 4 nitrogen and oxygen atoms in total. The number of carbonyl (C=O) groups excluding carboxylic acids is 1. The van der Waals surface area contributed by atoms with Crippen LogP contribution in [0.2, 0.25) is 10.0 Å². The predicted octanol–water partition coefficient (Wildman–Crippen LogP) is 5.30. The maximum Gasteiger partial charge on any atom is 0.286 e. The van der Waals surface area contributed by atoms with E-state index in [1.165, 1.54) is 11.3 Å². The molecular formula is C17H13BrCl2N2O2S. The summed E-state index contributed by atoms with van der Waals surface area (Å²) in [6, 6.07) is 10.8. The van der Waals surface area contributed by atoms with Crippen LogP contribution in [-0.2, 0) is 11.3 Å². The largest absolute Gasteiger partial charge is 0.482 e. The summed E-state index contributed by atoms with van der Waals surface area (Å²) < 4.78 is 9.49. The van der Waals surface area contributed by atoms with Crippen LogP contribution in [0, 0.1) is 0 Å². The second kappa shape index (κ2) is 7.91. The normalized spacial score (nSPS) is 11.9.